The Bertz CT molecular complexity index is 741. The van der Waals surface area contributed by atoms with E-state index in [1.54, 1.807) is 0 Å². The first-order chi connectivity index (χ1) is 14.6. The lowest BCUT2D eigenvalue weighted by atomic mass is 9.95. The van der Waals surface area contributed by atoms with E-state index < -0.39 is 0 Å². The molecule has 0 N–H and O–H groups in total. The zero-order valence-electron chi connectivity index (χ0n) is 18.1. The largest absolute Gasteiger partial charge is 0.381 e. The van der Waals surface area contributed by atoms with Crippen molar-refractivity contribution >= 4 is 17.5 Å². The number of carbonyl (C=O) groups excluding carboxylic acids is 2. The predicted molar refractivity (Wildman–Crippen MR) is 115 cm³/mol. The van der Waals surface area contributed by atoms with Crippen LogP contribution in [0.4, 0.5) is 5.69 Å². The molecule has 0 radical (unpaired) electrons. The standard InChI is InChI=1S/C23H33N3O4/c1-17-18(2)26(23(28)20-7-13-29-14-8-20)10-9-25(17)22(27)19-3-5-21(6-4-19)24-11-15-30-16-12-24/h3-6,17-18,20H,7-16H2,1-2H3/t17-,18-/m1/s1. The summed E-state index contributed by atoms with van der Waals surface area (Å²) in [5, 5.41) is 0. The van der Waals surface area contributed by atoms with Gasteiger partial charge < -0.3 is 24.2 Å². The number of morpholine rings is 1. The number of rotatable bonds is 3. The van der Waals surface area contributed by atoms with Gasteiger partial charge in [0.2, 0.25) is 5.91 Å². The third-order valence-electron chi connectivity index (χ3n) is 6.87. The van der Waals surface area contributed by atoms with Crippen molar-refractivity contribution in [2.75, 3.05) is 57.5 Å². The minimum atomic E-state index is -0.0195. The molecule has 7 heteroatoms. The van der Waals surface area contributed by atoms with Crippen LogP contribution in [-0.4, -0.2) is 86.3 Å². The summed E-state index contributed by atoms with van der Waals surface area (Å²) in [6.07, 6.45) is 1.60. The lowest BCUT2D eigenvalue weighted by molar-refractivity contribution is -0.144. The Hall–Kier alpha value is -2.12. The normalized spacial score (nSPS) is 26.0. The SMILES string of the molecule is C[C@@H]1[C@@H](C)N(C(=O)C2CCOCC2)CCN1C(=O)c1ccc(N2CCOCC2)cc1. The van der Waals surface area contributed by atoms with Crippen LogP contribution in [-0.2, 0) is 14.3 Å². The van der Waals surface area contributed by atoms with E-state index in [4.69, 9.17) is 9.47 Å². The van der Waals surface area contributed by atoms with Gasteiger partial charge in [0.15, 0.2) is 0 Å². The van der Waals surface area contributed by atoms with E-state index in [0.29, 0.717) is 31.9 Å². The lowest BCUT2D eigenvalue weighted by Gasteiger charge is -2.46. The van der Waals surface area contributed by atoms with E-state index in [1.165, 1.54) is 0 Å². The highest BCUT2D eigenvalue weighted by Crippen LogP contribution is 2.25. The molecule has 2 amide bonds. The van der Waals surface area contributed by atoms with E-state index in [2.05, 4.69) is 11.8 Å². The van der Waals surface area contributed by atoms with Gasteiger partial charge in [0.1, 0.15) is 0 Å². The van der Waals surface area contributed by atoms with Crippen molar-refractivity contribution in [3.63, 3.8) is 0 Å². The van der Waals surface area contributed by atoms with Crippen LogP contribution in [0, 0.1) is 5.92 Å². The molecule has 3 fully saturated rings. The first-order valence-electron chi connectivity index (χ1n) is 11.2. The van der Waals surface area contributed by atoms with E-state index in [9.17, 15) is 9.59 Å². The first kappa shape index (κ1) is 21.1. The molecule has 1 aromatic rings. The number of hydrogen-bond donors (Lipinski definition) is 0. The Morgan fingerprint density at radius 3 is 2.03 bits per heavy atom. The summed E-state index contributed by atoms with van der Waals surface area (Å²) in [7, 11) is 0. The molecule has 3 aliphatic rings. The second-order valence-corrected chi connectivity index (χ2v) is 8.54. The second kappa shape index (κ2) is 9.35. The van der Waals surface area contributed by atoms with Crippen LogP contribution in [0.25, 0.3) is 0 Å². The maximum Gasteiger partial charge on any atom is 0.254 e. The van der Waals surface area contributed by atoms with E-state index in [0.717, 1.165) is 44.8 Å². The molecule has 3 heterocycles. The molecule has 4 rings (SSSR count). The Morgan fingerprint density at radius 2 is 1.37 bits per heavy atom. The third kappa shape index (κ3) is 4.32. The topological polar surface area (TPSA) is 62.3 Å². The molecule has 164 valence electrons. The Balaban J connectivity index is 1.39. The van der Waals surface area contributed by atoms with Gasteiger partial charge in [-0.2, -0.15) is 0 Å². The number of benzene rings is 1. The van der Waals surface area contributed by atoms with Crippen molar-refractivity contribution < 1.29 is 19.1 Å². The van der Waals surface area contributed by atoms with Gasteiger partial charge in [-0.3, -0.25) is 9.59 Å². The number of anilines is 1. The van der Waals surface area contributed by atoms with Gasteiger partial charge in [-0.25, -0.2) is 0 Å². The van der Waals surface area contributed by atoms with Crippen LogP contribution in [0.3, 0.4) is 0 Å². The highest BCUT2D eigenvalue weighted by molar-refractivity contribution is 5.95. The average Bonchev–Trinajstić information content (AvgIpc) is 2.81. The molecular weight excluding hydrogens is 382 g/mol. The number of carbonyl (C=O) groups is 2. The van der Waals surface area contributed by atoms with Crippen LogP contribution in [0.1, 0.15) is 37.0 Å². The van der Waals surface area contributed by atoms with Crippen molar-refractivity contribution in [3.05, 3.63) is 29.8 Å². The molecule has 1 aromatic carbocycles. The van der Waals surface area contributed by atoms with Crippen molar-refractivity contribution in [1.82, 2.24) is 9.80 Å². The van der Waals surface area contributed by atoms with Crippen LogP contribution < -0.4 is 4.90 Å². The summed E-state index contributed by atoms with van der Waals surface area (Å²) in [4.78, 5) is 32.4. The summed E-state index contributed by atoms with van der Waals surface area (Å²) in [5.41, 5.74) is 1.83. The molecular formula is C23H33N3O4. The molecule has 3 saturated heterocycles. The van der Waals surface area contributed by atoms with Gasteiger partial charge in [-0.1, -0.05) is 0 Å². The fourth-order valence-corrected chi connectivity index (χ4v) is 4.72. The van der Waals surface area contributed by atoms with Crippen molar-refractivity contribution in [1.29, 1.82) is 0 Å². The smallest absolute Gasteiger partial charge is 0.254 e. The Morgan fingerprint density at radius 1 is 0.800 bits per heavy atom. The molecule has 2 atom stereocenters. The zero-order chi connectivity index (χ0) is 21.1. The maximum atomic E-state index is 13.2. The molecule has 0 saturated carbocycles. The van der Waals surface area contributed by atoms with Crippen LogP contribution in [0.5, 0.6) is 0 Å². The second-order valence-electron chi connectivity index (χ2n) is 8.54. The van der Waals surface area contributed by atoms with Gasteiger partial charge >= 0.3 is 0 Å². The van der Waals surface area contributed by atoms with E-state index in [-0.39, 0.29) is 29.8 Å². The maximum absolute atomic E-state index is 13.2. The first-order valence-corrected chi connectivity index (χ1v) is 11.2. The number of piperazine rings is 1. The lowest BCUT2D eigenvalue weighted by Crippen LogP contribution is -2.61. The van der Waals surface area contributed by atoms with Gasteiger partial charge in [0.05, 0.1) is 13.2 Å². The van der Waals surface area contributed by atoms with Crippen LogP contribution in [0.2, 0.25) is 0 Å². The minimum Gasteiger partial charge on any atom is -0.381 e. The van der Waals surface area contributed by atoms with Gasteiger partial charge in [0, 0.05) is 68.6 Å². The van der Waals surface area contributed by atoms with Gasteiger partial charge in [0.25, 0.3) is 5.91 Å². The quantitative estimate of drug-likeness (QED) is 0.756. The molecule has 0 aliphatic carbocycles. The third-order valence-corrected chi connectivity index (χ3v) is 6.87. The molecule has 7 nitrogen and oxygen atoms in total. The van der Waals surface area contributed by atoms with Crippen LogP contribution in [0.15, 0.2) is 24.3 Å². The minimum absolute atomic E-state index is 0.00525. The Kier molecular flexibility index (Phi) is 6.58. The number of hydrogen-bond acceptors (Lipinski definition) is 5. The van der Waals surface area contributed by atoms with Crippen LogP contribution >= 0.6 is 0 Å². The number of nitrogens with zero attached hydrogens (tertiary/aromatic N) is 3. The Labute approximate surface area is 178 Å². The van der Waals surface area contributed by atoms with Crippen molar-refractivity contribution in [3.8, 4) is 0 Å². The van der Waals surface area contributed by atoms with Crippen molar-refractivity contribution in [2.45, 2.75) is 38.8 Å². The molecule has 0 unspecified atom stereocenters. The fourth-order valence-electron chi connectivity index (χ4n) is 4.72. The van der Waals surface area contributed by atoms with Gasteiger partial charge in [-0.15, -0.1) is 0 Å². The summed E-state index contributed by atoms with van der Waals surface area (Å²) >= 11 is 0. The summed E-state index contributed by atoms with van der Waals surface area (Å²) in [6, 6.07) is 7.88. The molecule has 0 aromatic heterocycles. The molecule has 0 bridgehead atoms. The summed E-state index contributed by atoms with van der Waals surface area (Å²) in [6.45, 7) is 9.86. The molecule has 30 heavy (non-hydrogen) atoms. The molecule has 3 aliphatic heterocycles. The molecule has 0 spiro atoms. The highest BCUT2D eigenvalue weighted by atomic mass is 16.5. The predicted octanol–water partition coefficient (Wildman–Crippen LogP) is 2.01. The monoisotopic (exact) mass is 415 g/mol. The van der Waals surface area contributed by atoms with Gasteiger partial charge in [-0.05, 0) is 51.0 Å². The van der Waals surface area contributed by atoms with Crippen molar-refractivity contribution in [2.24, 2.45) is 5.92 Å². The number of amides is 2. The summed E-state index contributed by atoms with van der Waals surface area (Å²) in [5.74, 6) is 0.323. The van der Waals surface area contributed by atoms with E-state index in [1.807, 2.05) is 41.0 Å². The summed E-state index contributed by atoms with van der Waals surface area (Å²) < 4.78 is 10.8. The fraction of sp³-hybridized carbons (Fsp3) is 0.652. The number of ether oxygens (including phenoxy) is 2. The zero-order valence-corrected chi connectivity index (χ0v) is 18.1. The van der Waals surface area contributed by atoms with E-state index >= 15 is 0 Å². The average molecular weight is 416 g/mol. The highest BCUT2D eigenvalue weighted by Gasteiger charge is 2.38.